The third-order valence-electron chi connectivity index (χ3n) is 9.38. The maximum atomic E-state index is 11.8. The smallest absolute Gasteiger partial charge is 0.311 e. The van der Waals surface area contributed by atoms with Gasteiger partial charge >= 0.3 is 11.9 Å². The van der Waals surface area contributed by atoms with Crippen molar-refractivity contribution >= 4 is 46.0 Å². The number of rotatable bonds is 10. The van der Waals surface area contributed by atoms with Gasteiger partial charge in [-0.2, -0.15) is 0 Å². The molecule has 0 aliphatic carbocycles. The monoisotopic (exact) mass is 711 g/mol. The molecule has 5 heterocycles. The third-order valence-corrected chi connectivity index (χ3v) is 10.2. The van der Waals surface area contributed by atoms with Crippen molar-refractivity contribution in [3.63, 3.8) is 0 Å². The Balaban J connectivity index is 1.11. The molecule has 2 aromatic carbocycles. The molecule has 0 atom stereocenters. The molecule has 2 aliphatic heterocycles. The summed E-state index contributed by atoms with van der Waals surface area (Å²) in [5.74, 6) is -0.00229. The first kappa shape index (κ1) is 33.9. The van der Waals surface area contributed by atoms with Gasteiger partial charge in [0.2, 0.25) is 5.88 Å². The second-order valence-corrected chi connectivity index (χ2v) is 13.4. The standard InChI is InChI=1S/C38H35Cl2N5O5/c1-48-36-23(17-45-20-26(21-45)38(47)50-3)10-11-31(43-36)29-8-4-6-27(34(29)39)28-7-5-9-30(35(28)40)33-13-32-24(15-42-33)12-22(14-41-32)16-44-18-25(19-44)37(46)49-2/h4-15,25-26H,16-21H2,1-3H3. The average molecular weight is 713 g/mol. The van der Waals surface area contributed by atoms with Crippen molar-refractivity contribution in [1.29, 1.82) is 0 Å². The maximum absolute atomic E-state index is 11.8. The van der Waals surface area contributed by atoms with E-state index in [4.69, 9.17) is 52.4 Å². The van der Waals surface area contributed by atoms with Crippen LogP contribution >= 0.6 is 23.2 Å². The van der Waals surface area contributed by atoms with Crippen molar-refractivity contribution in [3.05, 3.63) is 94.2 Å². The number of nitrogens with zero attached hydrogens (tertiary/aromatic N) is 5. The van der Waals surface area contributed by atoms with Crippen molar-refractivity contribution in [3.8, 4) is 39.5 Å². The Kier molecular flexibility index (Phi) is 9.70. The second-order valence-electron chi connectivity index (χ2n) is 12.6. The van der Waals surface area contributed by atoms with Crippen molar-refractivity contribution in [2.45, 2.75) is 13.1 Å². The number of aromatic nitrogens is 3. The number of hydrogen-bond acceptors (Lipinski definition) is 10. The predicted molar refractivity (Wildman–Crippen MR) is 192 cm³/mol. The molecule has 12 heteroatoms. The highest BCUT2D eigenvalue weighted by atomic mass is 35.5. The molecule has 3 aromatic heterocycles. The van der Waals surface area contributed by atoms with Crippen LogP contribution in [0.15, 0.2) is 73.1 Å². The molecule has 10 nitrogen and oxygen atoms in total. The molecule has 7 rings (SSSR count). The van der Waals surface area contributed by atoms with Crippen LogP contribution in [0.1, 0.15) is 11.1 Å². The SMILES string of the molecule is COC(=O)C1CN(Cc2cnc3cc(-c4cccc(-c5cccc(-c6ccc(CN7CC(C(=O)OC)C7)c(OC)n6)c5Cl)c4Cl)ncc3c2)C1. The number of methoxy groups -OCH3 is 3. The van der Waals surface area contributed by atoms with Crippen LogP contribution in [0, 0.1) is 11.8 Å². The lowest BCUT2D eigenvalue weighted by Crippen LogP contribution is -2.50. The largest absolute Gasteiger partial charge is 0.481 e. The van der Waals surface area contributed by atoms with Gasteiger partial charge in [0.05, 0.1) is 60.1 Å². The molecule has 2 fully saturated rings. The molecule has 0 saturated carbocycles. The fourth-order valence-electron chi connectivity index (χ4n) is 6.62. The molecule has 0 radical (unpaired) electrons. The molecule has 0 spiro atoms. The molecule has 5 aromatic rings. The predicted octanol–water partition coefficient (Wildman–Crippen LogP) is 6.55. The van der Waals surface area contributed by atoms with E-state index < -0.39 is 0 Å². The fourth-order valence-corrected chi connectivity index (χ4v) is 7.27. The topological polar surface area (TPSA) is 107 Å². The van der Waals surface area contributed by atoms with Crippen LogP contribution in [-0.2, 0) is 32.2 Å². The van der Waals surface area contributed by atoms with Crippen molar-refractivity contribution in [2.24, 2.45) is 11.8 Å². The Labute approximate surface area is 299 Å². The van der Waals surface area contributed by atoms with Gasteiger partial charge in [0, 0.05) is 84.9 Å². The summed E-state index contributed by atoms with van der Waals surface area (Å²) in [6, 6.07) is 19.5. The summed E-state index contributed by atoms with van der Waals surface area (Å²) in [5.41, 5.74) is 7.17. The zero-order chi connectivity index (χ0) is 34.9. The Morgan fingerprint density at radius 1 is 0.720 bits per heavy atom. The summed E-state index contributed by atoms with van der Waals surface area (Å²) in [6.45, 7) is 3.95. The van der Waals surface area contributed by atoms with Gasteiger partial charge in [-0.15, -0.1) is 0 Å². The van der Waals surface area contributed by atoms with E-state index >= 15 is 0 Å². The van der Waals surface area contributed by atoms with E-state index in [9.17, 15) is 9.59 Å². The lowest BCUT2D eigenvalue weighted by atomic mass is 9.97. The molecule has 0 unspecified atom stereocenters. The molecular weight excluding hydrogens is 677 g/mol. The van der Waals surface area contributed by atoms with E-state index in [1.807, 2.05) is 67.0 Å². The lowest BCUT2D eigenvalue weighted by Gasteiger charge is -2.37. The van der Waals surface area contributed by atoms with Crippen LogP contribution in [0.3, 0.4) is 0 Å². The first-order valence-corrected chi connectivity index (χ1v) is 17.0. The summed E-state index contributed by atoms with van der Waals surface area (Å²) in [4.78, 5) is 42.1. The van der Waals surface area contributed by atoms with Crippen LogP contribution in [0.4, 0.5) is 0 Å². The molecule has 2 aliphatic rings. The highest BCUT2D eigenvalue weighted by Gasteiger charge is 2.34. The van der Waals surface area contributed by atoms with Crippen LogP contribution in [0.25, 0.3) is 44.5 Å². The minimum Gasteiger partial charge on any atom is -0.481 e. The van der Waals surface area contributed by atoms with Gasteiger partial charge in [-0.05, 0) is 23.8 Å². The molecule has 256 valence electrons. The molecule has 0 N–H and O–H groups in total. The van der Waals surface area contributed by atoms with E-state index in [-0.39, 0.29) is 23.8 Å². The lowest BCUT2D eigenvalue weighted by molar-refractivity contribution is -0.152. The molecule has 0 bridgehead atoms. The number of benzene rings is 2. The zero-order valence-electron chi connectivity index (χ0n) is 27.9. The molecule has 50 heavy (non-hydrogen) atoms. The Morgan fingerprint density at radius 2 is 1.30 bits per heavy atom. The van der Waals surface area contributed by atoms with Gasteiger partial charge in [0.15, 0.2) is 0 Å². The summed E-state index contributed by atoms with van der Waals surface area (Å²) in [5, 5.41) is 1.95. The van der Waals surface area contributed by atoms with Crippen LogP contribution < -0.4 is 4.74 Å². The van der Waals surface area contributed by atoms with Crippen molar-refractivity contribution in [1.82, 2.24) is 24.8 Å². The number of likely N-dealkylation sites (tertiary alicyclic amines) is 2. The first-order chi connectivity index (χ1) is 24.3. The van der Waals surface area contributed by atoms with Gasteiger partial charge in [0.25, 0.3) is 0 Å². The van der Waals surface area contributed by atoms with Gasteiger partial charge < -0.3 is 14.2 Å². The number of ether oxygens (including phenoxy) is 3. The van der Waals surface area contributed by atoms with Gasteiger partial charge in [-0.1, -0.05) is 65.7 Å². The first-order valence-electron chi connectivity index (χ1n) is 16.2. The molecule has 2 saturated heterocycles. The van der Waals surface area contributed by atoms with E-state index in [0.29, 0.717) is 66.6 Å². The van der Waals surface area contributed by atoms with Crippen molar-refractivity contribution in [2.75, 3.05) is 47.5 Å². The highest BCUT2D eigenvalue weighted by molar-refractivity contribution is 6.39. The highest BCUT2D eigenvalue weighted by Crippen LogP contribution is 2.42. The van der Waals surface area contributed by atoms with Crippen LogP contribution in [-0.4, -0.2) is 84.2 Å². The van der Waals surface area contributed by atoms with E-state index in [1.54, 1.807) is 7.11 Å². The van der Waals surface area contributed by atoms with Gasteiger partial charge in [-0.3, -0.25) is 29.4 Å². The summed E-state index contributed by atoms with van der Waals surface area (Å²) in [7, 11) is 4.43. The quantitative estimate of drug-likeness (QED) is 0.148. The Morgan fingerprint density at radius 3 is 1.90 bits per heavy atom. The van der Waals surface area contributed by atoms with Crippen molar-refractivity contribution < 1.29 is 23.8 Å². The maximum Gasteiger partial charge on any atom is 0.311 e. The number of pyridine rings is 3. The summed E-state index contributed by atoms with van der Waals surface area (Å²) >= 11 is 14.2. The minimum atomic E-state index is -0.182. The minimum absolute atomic E-state index is 0.0618. The Bertz CT molecular complexity index is 2100. The van der Waals surface area contributed by atoms with Crippen LogP contribution in [0.2, 0.25) is 10.0 Å². The van der Waals surface area contributed by atoms with Crippen LogP contribution in [0.5, 0.6) is 5.88 Å². The van der Waals surface area contributed by atoms with E-state index in [1.165, 1.54) is 14.2 Å². The number of carbonyl (C=O) groups excluding carboxylic acids is 2. The third kappa shape index (κ3) is 6.64. The normalized spacial score (nSPS) is 15.4. The van der Waals surface area contributed by atoms with E-state index in [0.717, 1.165) is 44.3 Å². The van der Waals surface area contributed by atoms with Gasteiger partial charge in [0.1, 0.15) is 0 Å². The second kappa shape index (κ2) is 14.3. The van der Waals surface area contributed by atoms with Gasteiger partial charge in [-0.25, -0.2) is 4.98 Å². The number of esters is 2. The number of carbonyl (C=O) groups is 2. The molecular formula is C38H35Cl2N5O5. The number of hydrogen-bond donors (Lipinski definition) is 0. The summed E-state index contributed by atoms with van der Waals surface area (Å²) in [6.07, 6.45) is 3.68. The average Bonchev–Trinajstić information content (AvgIpc) is 3.10. The van der Waals surface area contributed by atoms with E-state index in [2.05, 4.69) is 15.9 Å². The zero-order valence-corrected chi connectivity index (χ0v) is 29.4. The summed E-state index contributed by atoms with van der Waals surface area (Å²) < 4.78 is 15.4. The number of halogens is 2. The Hall–Kier alpha value is -4.61. The molecule has 0 amide bonds. The number of fused-ring (bicyclic) bond motifs is 1. The fraction of sp³-hybridized carbons (Fsp3) is 0.289.